The van der Waals surface area contributed by atoms with E-state index in [2.05, 4.69) is 17.4 Å². The van der Waals surface area contributed by atoms with Crippen LogP contribution >= 0.6 is 12.6 Å². The Balaban J connectivity index is 3.32. The second-order valence-electron chi connectivity index (χ2n) is 3.09. The second-order valence-corrected chi connectivity index (χ2v) is 3.57. The molecule has 0 unspecified atom stereocenters. The Bertz CT molecular complexity index is 483. The number of benzene rings is 1. The summed E-state index contributed by atoms with van der Waals surface area (Å²) < 4.78 is 29.9. The number of ether oxygens (including phenoxy) is 1. The van der Waals surface area contributed by atoms with Crippen LogP contribution in [-0.2, 0) is 4.74 Å². The van der Waals surface area contributed by atoms with E-state index >= 15 is 0 Å². The molecule has 3 nitrogen and oxygen atoms in total. The summed E-state index contributed by atoms with van der Waals surface area (Å²) in [5.74, 6) is -0.792. The van der Waals surface area contributed by atoms with Crippen molar-refractivity contribution in [2.24, 2.45) is 0 Å². The summed E-state index contributed by atoms with van der Waals surface area (Å²) in [6, 6.07) is 3.83. The molecule has 0 aliphatic carbocycles. The Hall–Kier alpha value is -1.61. The lowest BCUT2D eigenvalue weighted by Gasteiger charge is -2.09. The number of alkyl halides is 2. The van der Waals surface area contributed by atoms with Gasteiger partial charge in [0.2, 0.25) is 0 Å². The number of hydrogen-bond donors (Lipinski definition) is 1. The molecular formula is C11H9F2NO2S. The monoisotopic (exact) mass is 257 g/mol. The van der Waals surface area contributed by atoms with Gasteiger partial charge in [-0.3, -0.25) is 0 Å². The minimum absolute atomic E-state index is 0.0235. The van der Waals surface area contributed by atoms with Crippen molar-refractivity contribution < 1.29 is 18.3 Å². The Labute approximate surface area is 102 Å². The number of hydrogen-bond acceptors (Lipinski definition) is 4. The van der Waals surface area contributed by atoms with Gasteiger partial charge in [-0.25, -0.2) is 13.6 Å². The summed E-state index contributed by atoms with van der Waals surface area (Å²) in [6.07, 6.45) is -2.76. The van der Waals surface area contributed by atoms with E-state index in [1.807, 2.05) is 0 Å². The van der Waals surface area contributed by atoms with Gasteiger partial charge in [0.1, 0.15) is 6.07 Å². The molecule has 0 aromatic heterocycles. The van der Waals surface area contributed by atoms with Crippen LogP contribution in [0.3, 0.4) is 0 Å². The molecule has 1 aromatic rings. The molecule has 0 N–H and O–H groups in total. The maximum absolute atomic E-state index is 12.6. The molecule has 0 aliphatic heterocycles. The molecule has 90 valence electrons. The predicted molar refractivity (Wildman–Crippen MR) is 59.3 cm³/mol. The fourth-order valence-electron chi connectivity index (χ4n) is 1.25. The average molecular weight is 257 g/mol. The summed E-state index contributed by atoms with van der Waals surface area (Å²) in [5, 5.41) is 8.81. The first-order valence-electron chi connectivity index (χ1n) is 4.73. The molecule has 0 saturated heterocycles. The fourth-order valence-corrected chi connectivity index (χ4v) is 1.54. The number of carbonyl (C=O) groups excluding carboxylic acids is 1. The van der Waals surface area contributed by atoms with Gasteiger partial charge >= 0.3 is 5.97 Å². The van der Waals surface area contributed by atoms with Crippen LogP contribution in [0.4, 0.5) is 8.78 Å². The number of rotatable bonds is 3. The number of halogens is 2. The van der Waals surface area contributed by atoms with Crippen molar-refractivity contribution >= 4 is 18.6 Å². The molecule has 0 saturated carbocycles. The molecule has 0 aliphatic rings. The van der Waals surface area contributed by atoms with Crippen LogP contribution in [-0.4, -0.2) is 12.6 Å². The van der Waals surface area contributed by atoms with E-state index < -0.39 is 18.0 Å². The van der Waals surface area contributed by atoms with Gasteiger partial charge < -0.3 is 4.74 Å². The lowest BCUT2D eigenvalue weighted by molar-refractivity contribution is 0.0525. The minimum Gasteiger partial charge on any atom is -0.462 e. The number of esters is 1. The van der Waals surface area contributed by atoms with E-state index in [-0.39, 0.29) is 22.6 Å². The molecule has 17 heavy (non-hydrogen) atoms. The van der Waals surface area contributed by atoms with Gasteiger partial charge in [-0.15, -0.1) is 12.6 Å². The van der Waals surface area contributed by atoms with Gasteiger partial charge in [-0.05, 0) is 19.1 Å². The van der Waals surface area contributed by atoms with Crippen molar-refractivity contribution in [3.8, 4) is 6.07 Å². The highest BCUT2D eigenvalue weighted by Gasteiger charge is 2.19. The topological polar surface area (TPSA) is 50.1 Å². The molecule has 0 heterocycles. The van der Waals surface area contributed by atoms with E-state index in [4.69, 9.17) is 5.26 Å². The summed E-state index contributed by atoms with van der Waals surface area (Å²) in [5.41, 5.74) is -0.587. The van der Waals surface area contributed by atoms with Gasteiger partial charge in [0, 0.05) is 10.5 Å². The highest BCUT2D eigenvalue weighted by atomic mass is 32.1. The number of carbonyl (C=O) groups is 1. The highest BCUT2D eigenvalue weighted by Crippen LogP contribution is 2.28. The molecule has 0 fully saturated rings. The fraction of sp³-hybridized carbons (Fsp3) is 0.273. The molecule has 1 aromatic carbocycles. The van der Waals surface area contributed by atoms with Crippen LogP contribution < -0.4 is 0 Å². The third-order valence-electron chi connectivity index (χ3n) is 2.02. The molecule has 0 bridgehead atoms. The average Bonchev–Trinajstić information content (AvgIpc) is 2.28. The quantitative estimate of drug-likeness (QED) is 0.669. The Morgan fingerprint density at radius 2 is 2.24 bits per heavy atom. The van der Waals surface area contributed by atoms with Gasteiger partial charge in [-0.1, -0.05) is 0 Å². The summed E-state index contributed by atoms with van der Waals surface area (Å²) in [7, 11) is 0. The Morgan fingerprint density at radius 1 is 1.59 bits per heavy atom. The third kappa shape index (κ3) is 2.94. The van der Waals surface area contributed by atoms with E-state index in [9.17, 15) is 13.6 Å². The van der Waals surface area contributed by atoms with Crippen molar-refractivity contribution in [3.05, 3.63) is 28.8 Å². The highest BCUT2D eigenvalue weighted by molar-refractivity contribution is 7.80. The normalized spacial score (nSPS) is 10.1. The summed E-state index contributed by atoms with van der Waals surface area (Å²) in [4.78, 5) is 11.4. The number of nitriles is 1. The standard InChI is InChI=1S/C11H9F2NO2S/c1-2-16-11(15)7-4-8(10(12)13)9(17)3-6(7)5-14/h3-4,10,17H,2H2,1H3. The zero-order valence-electron chi connectivity index (χ0n) is 8.91. The zero-order chi connectivity index (χ0) is 13.0. The minimum atomic E-state index is -2.76. The van der Waals surface area contributed by atoms with Crippen molar-refractivity contribution in [2.45, 2.75) is 18.2 Å². The van der Waals surface area contributed by atoms with Crippen molar-refractivity contribution in [1.29, 1.82) is 5.26 Å². The van der Waals surface area contributed by atoms with Crippen LogP contribution in [0.25, 0.3) is 0 Å². The lowest BCUT2D eigenvalue weighted by atomic mass is 10.0. The first-order chi connectivity index (χ1) is 8.01. The molecule has 6 heteroatoms. The lowest BCUT2D eigenvalue weighted by Crippen LogP contribution is -2.08. The maximum Gasteiger partial charge on any atom is 0.339 e. The third-order valence-corrected chi connectivity index (χ3v) is 2.41. The number of nitrogens with zero attached hydrogens (tertiary/aromatic N) is 1. The van der Waals surface area contributed by atoms with Crippen LogP contribution in [0.2, 0.25) is 0 Å². The zero-order valence-corrected chi connectivity index (χ0v) is 9.80. The van der Waals surface area contributed by atoms with Gasteiger partial charge in [0.15, 0.2) is 0 Å². The van der Waals surface area contributed by atoms with Gasteiger partial charge in [0.25, 0.3) is 6.43 Å². The van der Waals surface area contributed by atoms with E-state index in [0.717, 1.165) is 12.1 Å². The summed E-state index contributed by atoms with van der Waals surface area (Å²) >= 11 is 3.85. The molecule has 0 spiro atoms. The van der Waals surface area contributed by atoms with Crippen molar-refractivity contribution in [2.75, 3.05) is 6.61 Å². The first kappa shape index (κ1) is 13.5. The van der Waals surface area contributed by atoms with Crippen molar-refractivity contribution in [1.82, 2.24) is 0 Å². The van der Waals surface area contributed by atoms with E-state index in [0.29, 0.717) is 0 Å². The van der Waals surface area contributed by atoms with Crippen molar-refractivity contribution in [3.63, 3.8) is 0 Å². The predicted octanol–water partition coefficient (Wildman–Crippen LogP) is 2.96. The van der Waals surface area contributed by atoms with E-state index in [1.54, 1.807) is 13.0 Å². The van der Waals surface area contributed by atoms with Crippen LogP contribution in [0, 0.1) is 11.3 Å². The second kappa shape index (κ2) is 5.64. The molecule has 0 atom stereocenters. The first-order valence-corrected chi connectivity index (χ1v) is 5.18. The van der Waals surface area contributed by atoms with E-state index in [1.165, 1.54) is 0 Å². The molecular weight excluding hydrogens is 248 g/mol. The van der Waals surface area contributed by atoms with Crippen LogP contribution in [0.5, 0.6) is 0 Å². The SMILES string of the molecule is CCOC(=O)c1cc(C(F)F)c(S)cc1C#N. The Kier molecular flexibility index (Phi) is 4.46. The number of thiol groups is 1. The molecule has 1 rings (SSSR count). The van der Waals surface area contributed by atoms with Gasteiger partial charge in [0.05, 0.1) is 17.7 Å². The van der Waals surface area contributed by atoms with Crippen LogP contribution in [0.15, 0.2) is 17.0 Å². The largest absolute Gasteiger partial charge is 0.462 e. The summed E-state index contributed by atoms with van der Waals surface area (Å²) in [6.45, 7) is 1.70. The molecule has 0 radical (unpaired) electrons. The Morgan fingerprint density at radius 3 is 2.71 bits per heavy atom. The smallest absolute Gasteiger partial charge is 0.339 e. The van der Waals surface area contributed by atoms with Gasteiger partial charge in [-0.2, -0.15) is 5.26 Å². The van der Waals surface area contributed by atoms with Crippen LogP contribution in [0.1, 0.15) is 34.8 Å². The maximum atomic E-state index is 12.6. The molecule has 0 amide bonds.